The first-order valence-corrected chi connectivity index (χ1v) is 6.47. The minimum absolute atomic E-state index is 0.246. The third-order valence-electron chi connectivity index (χ3n) is 3.24. The van der Waals surface area contributed by atoms with Crippen molar-refractivity contribution in [2.75, 3.05) is 31.2 Å². The highest BCUT2D eigenvalue weighted by molar-refractivity contribution is 6.07. The molecule has 3 rings (SSSR count). The molecule has 0 saturated carbocycles. The fraction of sp³-hybridized carbons (Fsp3) is 0.267. The fourth-order valence-corrected chi connectivity index (χ4v) is 2.15. The Kier molecular flexibility index (Phi) is 3.52. The van der Waals surface area contributed by atoms with Crippen LogP contribution in [0.15, 0.2) is 40.8 Å². The van der Waals surface area contributed by atoms with E-state index in [1.807, 2.05) is 4.90 Å². The van der Waals surface area contributed by atoms with Gasteiger partial charge in [0.2, 0.25) is 5.78 Å². The van der Waals surface area contributed by atoms with E-state index in [1.54, 1.807) is 12.1 Å². The maximum absolute atomic E-state index is 12.8. The lowest BCUT2D eigenvalue weighted by atomic mass is 10.1. The van der Waals surface area contributed by atoms with E-state index < -0.39 is 0 Å². The number of anilines is 1. The molecule has 0 aliphatic carbocycles. The van der Waals surface area contributed by atoms with Gasteiger partial charge in [-0.1, -0.05) is 0 Å². The standard InChI is InChI=1S/C15H14FNO3/c16-12-3-1-11(2-4-12)15(18)13-5-6-14(20-13)17-7-9-19-10-8-17/h1-6H,7-10H2. The summed E-state index contributed by atoms with van der Waals surface area (Å²) in [6.07, 6.45) is 0. The summed E-state index contributed by atoms with van der Waals surface area (Å²) in [6, 6.07) is 8.86. The van der Waals surface area contributed by atoms with Crippen molar-refractivity contribution < 1.29 is 18.3 Å². The Morgan fingerprint density at radius 2 is 1.75 bits per heavy atom. The molecule has 20 heavy (non-hydrogen) atoms. The SMILES string of the molecule is O=C(c1ccc(F)cc1)c1ccc(N2CCOCC2)o1. The normalized spacial score (nSPS) is 15.3. The molecule has 1 aromatic heterocycles. The van der Waals surface area contributed by atoms with E-state index in [1.165, 1.54) is 24.3 Å². The van der Waals surface area contributed by atoms with Crippen LogP contribution in [0.1, 0.15) is 16.1 Å². The largest absolute Gasteiger partial charge is 0.437 e. The van der Waals surface area contributed by atoms with E-state index in [0.717, 1.165) is 13.1 Å². The van der Waals surface area contributed by atoms with Crippen molar-refractivity contribution >= 4 is 11.7 Å². The van der Waals surface area contributed by atoms with Crippen molar-refractivity contribution in [2.45, 2.75) is 0 Å². The maximum Gasteiger partial charge on any atom is 0.228 e. The van der Waals surface area contributed by atoms with E-state index in [0.29, 0.717) is 24.7 Å². The first kappa shape index (κ1) is 12.9. The minimum atomic E-state index is -0.366. The van der Waals surface area contributed by atoms with Crippen LogP contribution in [-0.2, 0) is 4.74 Å². The van der Waals surface area contributed by atoms with Gasteiger partial charge < -0.3 is 14.1 Å². The number of halogens is 1. The van der Waals surface area contributed by atoms with Gasteiger partial charge in [0, 0.05) is 24.7 Å². The Balaban J connectivity index is 1.78. The Morgan fingerprint density at radius 3 is 2.45 bits per heavy atom. The van der Waals surface area contributed by atoms with E-state index >= 15 is 0 Å². The van der Waals surface area contributed by atoms with Gasteiger partial charge in [-0.3, -0.25) is 4.79 Å². The number of benzene rings is 1. The van der Waals surface area contributed by atoms with Crippen molar-refractivity contribution in [3.8, 4) is 0 Å². The topological polar surface area (TPSA) is 42.7 Å². The zero-order valence-corrected chi connectivity index (χ0v) is 10.8. The molecular weight excluding hydrogens is 261 g/mol. The molecule has 5 heteroatoms. The molecule has 1 fully saturated rings. The van der Waals surface area contributed by atoms with Crippen LogP contribution in [-0.4, -0.2) is 32.1 Å². The van der Waals surface area contributed by atoms with Gasteiger partial charge in [0.05, 0.1) is 13.2 Å². The first-order chi connectivity index (χ1) is 9.74. The molecule has 2 aromatic rings. The van der Waals surface area contributed by atoms with Crippen LogP contribution in [0, 0.1) is 5.82 Å². The van der Waals surface area contributed by atoms with Crippen LogP contribution in [0.4, 0.5) is 10.3 Å². The molecule has 1 aliphatic heterocycles. The predicted molar refractivity (Wildman–Crippen MR) is 71.6 cm³/mol. The van der Waals surface area contributed by atoms with Crippen LogP contribution in [0.3, 0.4) is 0 Å². The smallest absolute Gasteiger partial charge is 0.228 e. The average Bonchev–Trinajstić information content (AvgIpc) is 2.98. The Morgan fingerprint density at radius 1 is 1.05 bits per heavy atom. The lowest BCUT2D eigenvalue weighted by Crippen LogP contribution is -2.35. The highest BCUT2D eigenvalue weighted by Gasteiger charge is 2.18. The Hall–Kier alpha value is -2.14. The van der Waals surface area contributed by atoms with Gasteiger partial charge in [0.15, 0.2) is 11.6 Å². The number of furan rings is 1. The molecule has 0 spiro atoms. The second kappa shape index (κ2) is 5.46. The zero-order chi connectivity index (χ0) is 13.9. The Labute approximate surface area is 115 Å². The molecule has 4 nitrogen and oxygen atoms in total. The number of hydrogen-bond donors (Lipinski definition) is 0. The number of nitrogens with zero attached hydrogens (tertiary/aromatic N) is 1. The molecule has 2 heterocycles. The van der Waals surface area contributed by atoms with Crippen molar-refractivity contribution in [1.82, 2.24) is 0 Å². The molecule has 0 atom stereocenters. The van der Waals surface area contributed by atoms with Crippen LogP contribution in [0.5, 0.6) is 0 Å². The molecule has 0 N–H and O–H groups in total. The predicted octanol–water partition coefficient (Wildman–Crippen LogP) is 2.49. The number of ether oxygens (including phenoxy) is 1. The number of morpholine rings is 1. The number of carbonyl (C=O) groups is 1. The number of rotatable bonds is 3. The van der Waals surface area contributed by atoms with Crippen molar-refractivity contribution in [3.05, 3.63) is 53.5 Å². The average molecular weight is 275 g/mol. The van der Waals surface area contributed by atoms with Crippen LogP contribution in [0.2, 0.25) is 0 Å². The summed E-state index contributed by atoms with van der Waals surface area (Å²) in [7, 11) is 0. The van der Waals surface area contributed by atoms with Crippen molar-refractivity contribution in [1.29, 1.82) is 0 Å². The first-order valence-electron chi connectivity index (χ1n) is 6.47. The second-order valence-corrected chi connectivity index (χ2v) is 4.57. The molecule has 1 aromatic carbocycles. The van der Waals surface area contributed by atoms with Gasteiger partial charge in [-0.15, -0.1) is 0 Å². The number of carbonyl (C=O) groups excluding carboxylic acids is 1. The Bertz CT molecular complexity index is 600. The summed E-state index contributed by atoms with van der Waals surface area (Å²) in [5.41, 5.74) is 0.411. The summed E-state index contributed by atoms with van der Waals surface area (Å²) in [6.45, 7) is 2.80. The summed E-state index contributed by atoms with van der Waals surface area (Å²) in [5.74, 6) is 0.316. The summed E-state index contributed by atoms with van der Waals surface area (Å²) < 4.78 is 23.7. The highest BCUT2D eigenvalue weighted by atomic mass is 19.1. The van der Waals surface area contributed by atoms with Gasteiger partial charge in [-0.2, -0.15) is 0 Å². The zero-order valence-electron chi connectivity index (χ0n) is 10.8. The second-order valence-electron chi connectivity index (χ2n) is 4.57. The lowest BCUT2D eigenvalue weighted by molar-refractivity contribution is 0.101. The third kappa shape index (κ3) is 2.58. The summed E-state index contributed by atoms with van der Waals surface area (Å²) in [5, 5.41) is 0. The number of hydrogen-bond acceptors (Lipinski definition) is 4. The fourth-order valence-electron chi connectivity index (χ4n) is 2.15. The quantitative estimate of drug-likeness (QED) is 0.807. The van der Waals surface area contributed by atoms with E-state index in [9.17, 15) is 9.18 Å². The summed E-state index contributed by atoms with van der Waals surface area (Å²) in [4.78, 5) is 14.2. The van der Waals surface area contributed by atoms with Crippen molar-refractivity contribution in [2.24, 2.45) is 0 Å². The molecular formula is C15H14FNO3. The monoisotopic (exact) mass is 275 g/mol. The van der Waals surface area contributed by atoms with Gasteiger partial charge in [-0.05, 0) is 30.3 Å². The molecule has 1 saturated heterocycles. The van der Waals surface area contributed by atoms with E-state index in [-0.39, 0.29) is 17.4 Å². The van der Waals surface area contributed by atoms with Gasteiger partial charge in [-0.25, -0.2) is 4.39 Å². The van der Waals surface area contributed by atoms with E-state index in [4.69, 9.17) is 9.15 Å². The molecule has 0 unspecified atom stereocenters. The van der Waals surface area contributed by atoms with E-state index in [2.05, 4.69) is 0 Å². The molecule has 0 radical (unpaired) electrons. The molecule has 104 valence electrons. The van der Waals surface area contributed by atoms with Crippen LogP contribution < -0.4 is 4.90 Å². The van der Waals surface area contributed by atoms with Crippen LogP contribution >= 0.6 is 0 Å². The highest BCUT2D eigenvalue weighted by Crippen LogP contribution is 2.21. The maximum atomic E-state index is 12.8. The number of ketones is 1. The molecule has 0 amide bonds. The molecule has 0 bridgehead atoms. The van der Waals surface area contributed by atoms with Gasteiger partial charge in [0.1, 0.15) is 5.82 Å². The lowest BCUT2D eigenvalue weighted by Gasteiger charge is -2.26. The van der Waals surface area contributed by atoms with Crippen LogP contribution in [0.25, 0.3) is 0 Å². The minimum Gasteiger partial charge on any atom is -0.437 e. The third-order valence-corrected chi connectivity index (χ3v) is 3.24. The molecule has 1 aliphatic rings. The van der Waals surface area contributed by atoms with Crippen molar-refractivity contribution in [3.63, 3.8) is 0 Å². The van der Waals surface area contributed by atoms with Gasteiger partial charge in [0.25, 0.3) is 0 Å². The summed E-state index contributed by atoms with van der Waals surface area (Å²) >= 11 is 0. The van der Waals surface area contributed by atoms with Gasteiger partial charge >= 0.3 is 0 Å².